The van der Waals surface area contributed by atoms with Gasteiger partial charge in [-0.1, -0.05) is 18.2 Å². The Labute approximate surface area is 171 Å². The third-order valence-corrected chi connectivity index (χ3v) is 5.76. The molecule has 1 unspecified atom stereocenters. The Hall–Kier alpha value is -2.86. The molecule has 2 amide bonds. The average molecular weight is 393 g/mol. The lowest BCUT2D eigenvalue weighted by Crippen LogP contribution is -2.52. The summed E-state index contributed by atoms with van der Waals surface area (Å²) in [6, 6.07) is 15.3. The lowest BCUT2D eigenvalue weighted by atomic mass is 9.98. The molecule has 1 N–H and O–H groups in total. The highest BCUT2D eigenvalue weighted by Crippen LogP contribution is 2.23. The smallest absolute Gasteiger partial charge is 0.254 e. The third-order valence-electron chi connectivity index (χ3n) is 5.76. The molecule has 2 aliphatic rings. The highest BCUT2D eigenvalue weighted by atomic mass is 16.5. The number of amides is 2. The van der Waals surface area contributed by atoms with Gasteiger partial charge in [0, 0.05) is 30.4 Å². The van der Waals surface area contributed by atoms with Crippen LogP contribution in [0.4, 0.5) is 5.69 Å². The molecule has 0 aromatic heterocycles. The lowest BCUT2D eigenvalue weighted by molar-refractivity contribution is -0.120. The molecule has 0 bridgehead atoms. The van der Waals surface area contributed by atoms with Gasteiger partial charge in [0.15, 0.2) is 0 Å². The summed E-state index contributed by atoms with van der Waals surface area (Å²) in [4.78, 5) is 28.9. The van der Waals surface area contributed by atoms with Gasteiger partial charge in [0.25, 0.3) is 5.91 Å². The van der Waals surface area contributed by atoms with E-state index in [0.717, 1.165) is 25.2 Å². The Morgan fingerprint density at radius 3 is 2.69 bits per heavy atom. The number of methoxy groups -OCH3 is 1. The minimum Gasteiger partial charge on any atom is -0.497 e. The van der Waals surface area contributed by atoms with Crippen LogP contribution in [0.25, 0.3) is 0 Å². The van der Waals surface area contributed by atoms with E-state index in [4.69, 9.17) is 4.74 Å². The molecule has 2 aromatic rings. The van der Waals surface area contributed by atoms with Gasteiger partial charge in [0.05, 0.1) is 7.11 Å². The Balaban J connectivity index is 1.38. The molecule has 0 saturated carbocycles. The summed E-state index contributed by atoms with van der Waals surface area (Å²) >= 11 is 0. The zero-order chi connectivity index (χ0) is 20.2. The number of anilines is 1. The number of rotatable bonds is 5. The number of nitrogens with zero attached hydrogens (tertiary/aromatic N) is 2. The van der Waals surface area contributed by atoms with E-state index >= 15 is 0 Å². The normalized spacial score (nSPS) is 19.5. The monoisotopic (exact) mass is 393 g/mol. The fourth-order valence-corrected chi connectivity index (χ4v) is 4.09. The van der Waals surface area contributed by atoms with Crippen LogP contribution in [-0.2, 0) is 11.2 Å². The fourth-order valence-electron chi connectivity index (χ4n) is 4.09. The Kier molecular flexibility index (Phi) is 5.81. The molecule has 6 nitrogen and oxygen atoms in total. The van der Waals surface area contributed by atoms with Crippen LogP contribution in [-0.4, -0.2) is 56.5 Å². The molecule has 2 aromatic carbocycles. The molecule has 2 saturated heterocycles. The van der Waals surface area contributed by atoms with E-state index < -0.39 is 0 Å². The second kappa shape index (κ2) is 8.66. The van der Waals surface area contributed by atoms with Gasteiger partial charge < -0.3 is 19.9 Å². The van der Waals surface area contributed by atoms with Crippen LogP contribution >= 0.6 is 0 Å². The van der Waals surface area contributed by atoms with E-state index in [1.807, 2.05) is 48.5 Å². The number of benzene rings is 2. The lowest BCUT2D eigenvalue weighted by Gasteiger charge is -2.34. The van der Waals surface area contributed by atoms with Crippen molar-refractivity contribution < 1.29 is 14.3 Å². The fraction of sp³-hybridized carbons (Fsp3) is 0.391. The van der Waals surface area contributed by atoms with Gasteiger partial charge in [0.2, 0.25) is 5.91 Å². The zero-order valence-electron chi connectivity index (χ0n) is 16.8. The number of piperazine rings is 1. The highest BCUT2D eigenvalue weighted by molar-refractivity contribution is 6.01. The van der Waals surface area contributed by atoms with Crippen molar-refractivity contribution >= 4 is 17.5 Å². The minimum absolute atomic E-state index is 0.0804. The first-order valence-corrected chi connectivity index (χ1v) is 10.2. The van der Waals surface area contributed by atoms with Crippen molar-refractivity contribution in [2.45, 2.75) is 12.8 Å². The third kappa shape index (κ3) is 4.43. The summed E-state index contributed by atoms with van der Waals surface area (Å²) in [6.07, 6.45) is 2.25. The van der Waals surface area contributed by atoms with Crippen LogP contribution in [0.15, 0.2) is 48.5 Å². The van der Waals surface area contributed by atoms with E-state index in [9.17, 15) is 9.59 Å². The number of hydrogen-bond donors (Lipinski definition) is 1. The quantitative estimate of drug-likeness (QED) is 0.847. The molecule has 152 valence electrons. The van der Waals surface area contributed by atoms with E-state index in [1.165, 1.54) is 12.0 Å². The Morgan fingerprint density at radius 2 is 2.00 bits per heavy atom. The summed E-state index contributed by atoms with van der Waals surface area (Å²) in [6.45, 7) is 3.24. The summed E-state index contributed by atoms with van der Waals surface area (Å²) in [5, 5.41) is 3.39. The average Bonchev–Trinajstić information content (AvgIpc) is 3.27. The molecular formula is C23H27N3O3. The first-order valence-electron chi connectivity index (χ1n) is 10.2. The first kappa shape index (κ1) is 19.5. The molecule has 2 fully saturated rings. The molecule has 2 heterocycles. The van der Waals surface area contributed by atoms with Crippen LogP contribution in [0.1, 0.15) is 22.3 Å². The van der Waals surface area contributed by atoms with Crippen molar-refractivity contribution in [3.8, 4) is 5.75 Å². The maximum Gasteiger partial charge on any atom is 0.254 e. The van der Waals surface area contributed by atoms with Gasteiger partial charge in [-0.2, -0.15) is 0 Å². The van der Waals surface area contributed by atoms with Crippen molar-refractivity contribution in [3.05, 3.63) is 59.7 Å². The van der Waals surface area contributed by atoms with Crippen molar-refractivity contribution in [1.29, 1.82) is 0 Å². The summed E-state index contributed by atoms with van der Waals surface area (Å²) in [7, 11) is 1.60. The van der Waals surface area contributed by atoms with Gasteiger partial charge in [-0.15, -0.1) is 0 Å². The minimum atomic E-state index is -0.0854. The first-order chi connectivity index (χ1) is 14.1. The van der Waals surface area contributed by atoms with Crippen LogP contribution in [0, 0.1) is 5.92 Å². The van der Waals surface area contributed by atoms with Crippen LogP contribution in [0.5, 0.6) is 5.75 Å². The zero-order valence-corrected chi connectivity index (χ0v) is 16.8. The maximum absolute atomic E-state index is 12.9. The number of carbonyl (C=O) groups excluding carboxylic acids is 2. The molecule has 1 atom stereocenters. The molecule has 2 aliphatic heterocycles. The van der Waals surface area contributed by atoms with E-state index in [1.54, 1.807) is 16.9 Å². The van der Waals surface area contributed by atoms with E-state index in [-0.39, 0.29) is 18.4 Å². The van der Waals surface area contributed by atoms with Crippen LogP contribution in [0.3, 0.4) is 0 Å². The number of nitrogens with one attached hydrogen (secondary N) is 1. The molecular weight excluding hydrogens is 366 g/mol. The van der Waals surface area contributed by atoms with Crippen molar-refractivity contribution in [1.82, 2.24) is 10.2 Å². The molecule has 0 aliphatic carbocycles. The summed E-state index contributed by atoms with van der Waals surface area (Å²) in [5.74, 6) is 1.22. The van der Waals surface area contributed by atoms with Gasteiger partial charge in [-0.25, -0.2) is 0 Å². The van der Waals surface area contributed by atoms with E-state index in [2.05, 4.69) is 5.32 Å². The predicted octanol–water partition coefficient (Wildman–Crippen LogP) is 2.34. The Bertz CT molecular complexity index is 875. The number of ether oxygens (including phenoxy) is 1. The standard InChI is InChI=1S/C23H27N3O3/c1-29-21-4-2-3-20(14-21)26-12-11-25(16-22(26)27)23(28)19-7-5-17(6-8-19)13-18-9-10-24-15-18/h2-8,14,18,24H,9-13,15-16H2,1H3. The second-order valence-corrected chi connectivity index (χ2v) is 7.73. The SMILES string of the molecule is COc1cccc(N2CCN(C(=O)c3ccc(CC4CCNC4)cc3)CC2=O)c1. The Morgan fingerprint density at radius 1 is 1.17 bits per heavy atom. The number of carbonyl (C=O) groups is 2. The second-order valence-electron chi connectivity index (χ2n) is 7.73. The predicted molar refractivity (Wildman–Crippen MR) is 112 cm³/mol. The summed E-state index contributed by atoms with van der Waals surface area (Å²) < 4.78 is 5.24. The van der Waals surface area contributed by atoms with Gasteiger partial charge in [-0.05, 0) is 61.7 Å². The molecule has 29 heavy (non-hydrogen) atoms. The van der Waals surface area contributed by atoms with Gasteiger partial charge in [0.1, 0.15) is 12.3 Å². The van der Waals surface area contributed by atoms with Gasteiger partial charge in [-0.3, -0.25) is 9.59 Å². The maximum atomic E-state index is 12.9. The van der Waals surface area contributed by atoms with Crippen LogP contribution < -0.4 is 15.0 Å². The van der Waals surface area contributed by atoms with Crippen LogP contribution in [0.2, 0.25) is 0 Å². The van der Waals surface area contributed by atoms with Gasteiger partial charge >= 0.3 is 0 Å². The molecule has 0 radical (unpaired) electrons. The highest BCUT2D eigenvalue weighted by Gasteiger charge is 2.28. The van der Waals surface area contributed by atoms with Crippen molar-refractivity contribution in [2.24, 2.45) is 5.92 Å². The van der Waals surface area contributed by atoms with Crippen molar-refractivity contribution in [3.63, 3.8) is 0 Å². The largest absolute Gasteiger partial charge is 0.497 e. The van der Waals surface area contributed by atoms with E-state index in [0.29, 0.717) is 30.3 Å². The summed E-state index contributed by atoms with van der Waals surface area (Å²) in [5.41, 5.74) is 2.70. The molecule has 6 heteroatoms. The molecule has 0 spiro atoms. The number of hydrogen-bond acceptors (Lipinski definition) is 4. The topological polar surface area (TPSA) is 61.9 Å². The molecule has 4 rings (SSSR count). The van der Waals surface area contributed by atoms with Crippen molar-refractivity contribution in [2.75, 3.05) is 44.7 Å².